The summed E-state index contributed by atoms with van der Waals surface area (Å²) < 4.78 is 12.3. The van der Waals surface area contributed by atoms with Crippen LogP contribution in [0.1, 0.15) is 92.4 Å². The third-order valence-electron chi connectivity index (χ3n) is 9.66. The maximum absolute atomic E-state index is 12.4. The van der Waals surface area contributed by atoms with E-state index >= 15 is 0 Å². The Labute approximate surface area is 211 Å². The molecule has 4 heteroatoms. The summed E-state index contributed by atoms with van der Waals surface area (Å²) >= 11 is 2.70. The van der Waals surface area contributed by atoms with Gasteiger partial charge in [-0.15, -0.1) is 0 Å². The fourth-order valence-electron chi connectivity index (χ4n) is 7.63. The lowest BCUT2D eigenvalue weighted by molar-refractivity contribution is -0.156. The van der Waals surface area contributed by atoms with Crippen molar-refractivity contribution in [1.82, 2.24) is 0 Å². The van der Waals surface area contributed by atoms with Crippen molar-refractivity contribution in [3.63, 3.8) is 0 Å². The number of rotatable bonds is 7. The van der Waals surface area contributed by atoms with Crippen molar-refractivity contribution in [1.29, 1.82) is 0 Å². The van der Waals surface area contributed by atoms with Crippen LogP contribution in [0.2, 0.25) is 0 Å². The van der Waals surface area contributed by atoms with E-state index in [4.69, 9.17) is 9.47 Å². The number of carbonyl (C=O) groups is 1. The molecule has 0 aromatic carbocycles. The summed E-state index contributed by atoms with van der Waals surface area (Å²) in [6, 6.07) is 0. The highest BCUT2D eigenvalue weighted by atomic mass is 127. The number of hydrogen-bond donors (Lipinski definition) is 0. The summed E-state index contributed by atoms with van der Waals surface area (Å²) in [6.07, 6.45) is 11.0. The molecule has 0 aliphatic heterocycles. The van der Waals surface area contributed by atoms with Gasteiger partial charge in [0.1, 0.15) is 0 Å². The number of halogens is 1. The second-order valence-corrected chi connectivity index (χ2v) is 13.4. The van der Waals surface area contributed by atoms with Gasteiger partial charge in [0.2, 0.25) is 0 Å². The fourth-order valence-corrected chi connectivity index (χ4v) is 8.72. The zero-order chi connectivity index (χ0) is 23.4. The topological polar surface area (TPSA) is 35.5 Å². The van der Waals surface area contributed by atoms with Gasteiger partial charge in [0.05, 0.1) is 19.1 Å². The molecular weight excluding hydrogens is 511 g/mol. The van der Waals surface area contributed by atoms with Crippen LogP contribution < -0.4 is 0 Å². The zero-order valence-corrected chi connectivity index (χ0v) is 23.7. The van der Waals surface area contributed by atoms with Crippen molar-refractivity contribution >= 4 is 28.6 Å². The molecule has 0 radical (unpaired) electrons. The van der Waals surface area contributed by atoms with Gasteiger partial charge in [-0.2, -0.15) is 0 Å². The zero-order valence-electron chi connectivity index (χ0n) is 21.5. The molecule has 3 fully saturated rings. The first kappa shape index (κ1) is 26.8. The molecule has 0 aromatic rings. The van der Waals surface area contributed by atoms with Crippen LogP contribution in [0.25, 0.3) is 0 Å². The predicted molar refractivity (Wildman–Crippen MR) is 141 cm³/mol. The van der Waals surface area contributed by atoms with Crippen molar-refractivity contribution in [2.45, 2.75) is 102 Å². The van der Waals surface area contributed by atoms with E-state index in [1.54, 1.807) is 0 Å². The van der Waals surface area contributed by atoms with E-state index in [1.807, 2.05) is 0 Å². The number of alkyl halides is 1. The normalized spacial score (nSPS) is 45.4. The Morgan fingerprint density at radius 3 is 2.09 bits per heavy atom. The lowest BCUT2D eigenvalue weighted by Crippen LogP contribution is -2.44. The van der Waals surface area contributed by atoms with Crippen LogP contribution in [-0.4, -0.2) is 29.7 Å². The molecule has 32 heavy (non-hydrogen) atoms. The average molecular weight is 561 g/mol. The second kappa shape index (κ2) is 12.2. The molecule has 0 heterocycles. The smallest absolute Gasteiger partial charge is 0.311 e. The van der Waals surface area contributed by atoms with Crippen molar-refractivity contribution in [3.8, 4) is 0 Å². The summed E-state index contributed by atoms with van der Waals surface area (Å²) in [5.41, 5.74) is 0. The number of esters is 1. The monoisotopic (exact) mass is 560 g/mol. The summed E-state index contributed by atoms with van der Waals surface area (Å²) in [6.45, 7) is 13.1. The van der Waals surface area contributed by atoms with E-state index in [-0.39, 0.29) is 18.0 Å². The molecule has 3 nitrogen and oxygen atoms in total. The van der Waals surface area contributed by atoms with Gasteiger partial charge in [-0.05, 0) is 98.7 Å². The van der Waals surface area contributed by atoms with E-state index in [0.717, 1.165) is 84.1 Å². The summed E-state index contributed by atoms with van der Waals surface area (Å²) in [4.78, 5) is 12.4. The van der Waals surface area contributed by atoms with E-state index < -0.39 is 0 Å². The van der Waals surface area contributed by atoms with Crippen LogP contribution in [0, 0.1) is 53.3 Å². The highest BCUT2D eigenvalue weighted by Crippen LogP contribution is 2.52. The van der Waals surface area contributed by atoms with Gasteiger partial charge in [-0.1, -0.05) is 63.6 Å². The van der Waals surface area contributed by atoms with Gasteiger partial charge in [-0.25, -0.2) is 0 Å². The first-order chi connectivity index (χ1) is 15.3. The molecule has 0 N–H and O–H groups in total. The van der Waals surface area contributed by atoms with Gasteiger partial charge in [-0.3, -0.25) is 4.79 Å². The molecule has 3 aliphatic carbocycles. The molecule has 0 bridgehead atoms. The number of unbranched alkanes of at least 4 members (excludes halogenated alkanes) is 1. The van der Waals surface area contributed by atoms with E-state index in [9.17, 15) is 4.79 Å². The molecule has 3 saturated carbocycles. The predicted octanol–water partition coefficient (Wildman–Crippen LogP) is 7.55. The standard InChI is InChI=1S/C28H49IO3/c1-7-8-11-32-27-16-21(9-10-22(27)28(30)31-6)23-12-18(3)24(13-17(23)2)25-14-20(5)26(29)15-19(25)4/h17-27H,7-16H2,1-6H3. The number of carbonyl (C=O) groups excluding carboxylic acids is 1. The largest absolute Gasteiger partial charge is 0.469 e. The van der Waals surface area contributed by atoms with Crippen LogP contribution in [0.15, 0.2) is 0 Å². The Morgan fingerprint density at radius 2 is 1.44 bits per heavy atom. The molecule has 11 unspecified atom stereocenters. The Kier molecular flexibility index (Phi) is 10.2. The highest BCUT2D eigenvalue weighted by molar-refractivity contribution is 14.1. The van der Waals surface area contributed by atoms with Gasteiger partial charge in [0, 0.05) is 10.5 Å². The second-order valence-electron chi connectivity index (χ2n) is 11.8. The van der Waals surface area contributed by atoms with Gasteiger partial charge < -0.3 is 9.47 Å². The Bertz CT molecular complexity index is 595. The lowest BCUT2D eigenvalue weighted by atomic mass is 9.56. The van der Waals surface area contributed by atoms with Crippen LogP contribution in [-0.2, 0) is 14.3 Å². The minimum Gasteiger partial charge on any atom is -0.469 e. The Hall–Kier alpha value is 0.160. The van der Waals surface area contributed by atoms with E-state index in [1.165, 1.54) is 32.8 Å². The summed E-state index contributed by atoms with van der Waals surface area (Å²) in [7, 11) is 1.52. The summed E-state index contributed by atoms with van der Waals surface area (Å²) in [5, 5.41) is 0. The first-order valence-corrected chi connectivity index (χ1v) is 14.8. The molecule has 3 aliphatic rings. The quantitative estimate of drug-likeness (QED) is 0.140. The van der Waals surface area contributed by atoms with Gasteiger partial charge in [0.25, 0.3) is 0 Å². The van der Waals surface area contributed by atoms with Crippen LogP contribution in [0.3, 0.4) is 0 Å². The number of methoxy groups -OCH3 is 1. The molecule has 0 aromatic heterocycles. The van der Waals surface area contributed by atoms with Crippen molar-refractivity contribution in [2.24, 2.45) is 53.3 Å². The third kappa shape index (κ3) is 6.23. The molecular formula is C28H49IO3. The number of ether oxygens (including phenoxy) is 2. The number of hydrogen-bond acceptors (Lipinski definition) is 3. The summed E-state index contributed by atoms with van der Waals surface area (Å²) in [5.74, 6) is 6.49. The van der Waals surface area contributed by atoms with Crippen LogP contribution in [0.5, 0.6) is 0 Å². The Balaban J connectivity index is 1.64. The minimum atomic E-state index is -0.0667. The van der Waals surface area contributed by atoms with Gasteiger partial charge in [0.15, 0.2) is 0 Å². The van der Waals surface area contributed by atoms with Crippen LogP contribution >= 0.6 is 22.6 Å². The SMILES string of the molecule is CCCCOC1CC(C2CC(C)C(C3CC(C)C(I)CC3C)CC2C)CCC1C(=O)OC. The molecule has 0 amide bonds. The minimum absolute atomic E-state index is 0.0489. The van der Waals surface area contributed by atoms with E-state index in [2.05, 4.69) is 57.2 Å². The maximum Gasteiger partial charge on any atom is 0.311 e. The lowest BCUT2D eigenvalue weighted by Gasteiger charge is -2.50. The van der Waals surface area contributed by atoms with Gasteiger partial charge >= 0.3 is 5.97 Å². The maximum atomic E-state index is 12.4. The van der Waals surface area contributed by atoms with Crippen molar-refractivity contribution in [2.75, 3.05) is 13.7 Å². The average Bonchev–Trinajstić information content (AvgIpc) is 2.77. The molecule has 0 saturated heterocycles. The molecule has 0 spiro atoms. The first-order valence-electron chi connectivity index (χ1n) is 13.6. The molecule has 186 valence electrons. The molecule has 11 atom stereocenters. The highest BCUT2D eigenvalue weighted by Gasteiger charge is 2.46. The fraction of sp³-hybridized carbons (Fsp3) is 0.964. The van der Waals surface area contributed by atoms with E-state index in [0.29, 0.717) is 5.92 Å². The van der Waals surface area contributed by atoms with Crippen LogP contribution in [0.4, 0.5) is 0 Å². The van der Waals surface area contributed by atoms with Crippen molar-refractivity contribution in [3.05, 3.63) is 0 Å². The van der Waals surface area contributed by atoms with Crippen molar-refractivity contribution < 1.29 is 14.3 Å². The molecule has 3 rings (SSSR count). The third-order valence-corrected chi connectivity index (χ3v) is 11.4. The Morgan fingerprint density at radius 1 is 0.844 bits per heavy atom.